The minimum atomic E-state index is 0.181. The lowest BCUT2D eigenvalue weighted by Crippen LogP contribution is -2.22. The van der Waals surface area contributed by atoms with Gasteiger partial charge in [-0.25, -0.2) is 4.99 Å². The van der Waals surface area contributed by atoms with Gasteiger partial charge in [0.15, 0.2) is 17.5 Å². The number of benzene rings is 2. The molecule has 130 valence electrons. The molecule has 2 aromatic rings. The third-order valence-electron chi connectivity index (χ3n) is 3.61. The second-order valence-corrected chi connectivity index (χ2v) is 5.35. The maximum Gasteiger partial charge on any atom is 0.193 e. The molecular formula is C20H23N3O2. The fraction of sp³-hybridized carbons (Fsp3) is 0.250. The molecule has 0 aliphatic heterocycles. The van der Waals surface area contributed by atoms with Crippen LogP contribution in [0.2, 0.25) is 0 Å². The van der Waals surface area contributed by atoms with Crippen molar-refractivity contribution in [1.29, 1.82) is 0 Å². The van der Waals surface area contributed by atoms with Crippen molar-refractivity contribution >= 4 is 11.6 Å². The molecule has 0 spiro atoms. The molecule has 0 saturated heterocycles. The van der Waals surface area contributed by atoms with E-state index in [9.17, 15) is 0 Å². The zero-order chi connectivity index (χ0) is 18.1. The van der Waals surface area contributed by atoms with Crippen LogP contribution in [0.4, 0.5) is 5.69 Å². The van der Waals surface area contributed by atoms with Crippen LogP contribution in [0.25, 0.3) is 0 Å². The third-order valence-corrected chi connectivity index (χ3v) is 3.61. The van der Waals surface area contributed by atoms with Crippen molar-refractivity contribution < 1.29 is 9.47 Å². The van der Waals surface area contributed by atoms with E-state index in [2.05, 4.69) is 35.3 Å². The zero-order valence-corrected chi connectivity index (χ0v) is 14.6. The Kier molecular flexibility index (Phi) is 6.73. The minimum absolute atomic E-state index is 0.181. The topological polar surface area (TPSA) is 68.9 Å². The predicted molar refractivity (Wildman–Crippen MR) is 102 cm³/mol. The zero-order valence-electron chi connectivity index (χ0n) is 14.6. The van der Waals surface area contributed by atoms with Crippen molar-refractivity contribution in [3.05, 3.63) is 53.6 Å². The Morgan fingerprint density at radius 1 is 1.16 bits per heavy atom. The molecule has 0 aromatic heterocycles. The van der Waals surface area contributed by atoms with Crippen LogP contribution in [0.5, 0.6) is 11.5 Å². The van der Waals surface area contributed by atoms with Crippen molar-refractivity contribution in [1.82, 2.24) is 0 Å². The first-order chi connectivity index (χ1) is 12.2. The van der Waals surface area contributed by atoms with E-state index < -0.39 is 0 Å². The van der Waals surface area contributed by atoms with Gasteiger partial charge >= 0.3 is 0 Å². The van der Waals surface area contributed by atoms with Gasteiger partial charge in [-0.15, -0.1) is 6.42 Å². The van der Waals surface area contributed by atoms with Crippen molar-refractivity contribution in [3.8, 4) is 23.8 Å². The van der Waals surface area contributed by atoms with E-state index in [-0.39, 0.29) is 6.61 Å². The maximum absolute atomic E-state index is 5.95. The van der Waals surface area contributed by atoms with Crippen LogP contribution in [0.3, 0.4) is 0 Å². The third kappa shape index (κ3) is 5.47. The van der Waals surface area contributed by atoms with Crippen LogP contribution in [0.1, 0.15) is 18.1 Å². The Morgan fingerprint density at radius 2 is 1.88 bits per heavy atom. The van der Waals surface area contributed by atoms with Gasteiger partial charge in [0.05, 0.1) is 13.7 Å². The van der Waals surface area contributed by atoms with Gasteiger partial charge in [0.25, 0.3) is 0 Å². The monoisotopic (exact) mass is 337 g/mol. The highest BCUT2D eigenvalue weighted by molar-refractivity contribution is 5.92. The number of nitrogens with two attached hydrogens (primary N) is 1. The summed E-state index contributed by atoms with van der Waals surface area (Å²) < 4.78 is 10.7. The first-order valence-electron chi connectivity index (χ1n) is 8.05. The number of aryl methyl sites for hydroxylation is 1. The summed E-state index contributed by atoms with van der Waals surface area (Å²) in [5.74, 6) is 4.01. The summed E-state index contributed by atoms with van der Waals surface area (Å²) in [5, 5.41) is 3.08. The minimum Gasteiger partial charge on any atom is -0.493 e. The van der Waals surface area contributed by atoms with E-state index in [1.54, 1.807) is 7.11 Å². The molecule has 0 aliphatic carbocycles. The summed E-state index contributed by atoms with van der Waals surface area (Å²) in [6, 6.07) is 13.7. The van der Waals surface area contributed by atoms with E-state index in [4.69, 9.17) is 21.6 Å². The smallest absolute Gasteiger partial charge is 0.193 e. The van der Waals surface area contributed by atoms with Gasteiger partial charge in [-0.05, 0) is 41.8 Å². The maximum atomic E-state index is 5.95. The average Bonchev–Trinajstić information content (AvgIpc) is 2.65. The number of nitrogens with zero attached hydrogens (tertiary/aromatic N) is 1. The molecule has 0 atom stereocenters. The predicted octanol–water partition coefficient (Wildman–Crippen LogP) is 3.20. The number of terminal acetylenes is 1. The molecule has 0 aliphatic rings. The fourth-order valence-corrected chi connectivity index (χ4v) is 2.24. The lowest BCUT2D eigenvalue weighted by molar-refractivity contribution is 0.330. The molecule has 25 heavy (non-hydrogen) atoms. The quantitative estimate of drug-likeness (QED) is 0.462. The number of anilines is 1. The Morgan fingerprint density at radius 3 is 2.52 bits per heavy atom. The second kappa shape index (κ2) is 9.24. The molecule has 0 amide bonds. The lowest BCUT2D eigenvalue weighted by atomic mass is 10.1. The van der Waals surface area contributed by atoms with Crippen molar-refractivity contribution in [2.45, 2.75) is 19.9 Å². The Bertz CT molecular complexity index is 762. The normalized spacial score (nSPS) is 10.8. The van der Waals surface area contributed by atoms with Crippen molar-refractivity contribution in [2.75, 3.05) is 19.0 Å². The molecule has 3 N–H and O–H groups in total. The van der Waals surface area contributed by atoms with Crippen LogP contribution in [-0.4, -0.2) is 19.7 Å². The number of rotatable bonds is 7. The van der Waals surface area contributed by atoms with Crippen LogP contribution in [0, 0.1) is 12.3 Å². The summed E-state index contributed by atoms with van der Waals surface area (Å²) in [5.41, 5.74) is 9.08. The highest BCUT2D eigenvalue weighted by Gasteiger charge is 2.05. The summed E-state index contributed by atoms with van der Waals surface area (Å²) in [7, 11) is 1.58. The van der Waals surface area contributed by atoms with Crippen molar-refractivity contribution in [3.63, 3.8) is 0 Å². The SMILES string of the molecule is C#CCOc1cc(CN=C(N)Nc2ccc(CC)cc2)ccc1OC. The molecule has 2 aromatic carbocycles. The summed E-state index contributed by atoms with van der Waals surface area (Å²) in [6.45, 7) is 2.72. The number of nitrogens with one attached hydrogen (secondary N) is 1. The average molecular weight is 337 g/mol. The van der Waals surface area contributed by atoms with E-state index in [1.165, 1.54) is 5.56 Å². The standard InChI is InChI=1S/C20H23N3O2/c1-4-12-25-19-13-16(8-11-18(19)24-3)14-22-20(21)23-17-9-6-15(5-2)7-10-17/h1,6-11,13H,5,12,14H2,2-3H3,(H3,21,22,23). The van der Waals surface area contributed by atoms with E-state index in [0.29, 0.717) is 24.0 Å². The Hall–Kier alpha value is -3.13. The molecule has 0 saturated carbocycles. The van der Waals surface area contributed by atoms with E-state index in [1.807, 2.05) is 30.3 Å². The van der Waals surface area contributed by atoms with Gasteiger partial charge in [0.1, 0.15) is 6.61 Å². The second-order valence-electron chi connectivity index (χ2n) is 5.35. The summed E-state index contributed by atoms with van der Waals surface area (Å²) in [6.07, 6.45) is 6.24. The Labute approximate surface area is 148 Å². The molecule has 0 heterocycles. The molecule has 0 unspecified atom stereocenters. The number of guanidine groups is 1. The van der Waals surface area contributed by atoms with Crippen LogP contribution in [0.15, 0.2) is 47.5 Å². The first-order valence-corrected chi connectivity index (χ1v) is 8.05. The van der Waals surface area contributed by atoms with Gasteiger partial charge in [-0.2, -0.15) is 0 Å². The number of ether oxygens (including phenoxy) is 2. The van der Waals surface area contributed by atoms with Crippen LogP contribution >= 0.6 is 0 Å². The molecule has 2 rings (SSSR count). The molecule has 5 heteroatoms. The van der Waals surface area contributed by atoms with Gasteiger partial charge in [0, 0.05) is 5.69 Å². The van der Waals surface area contributed by atoms with Gasteiger partial charge in [-0.1, -0.05) is 31.0 Å². The molecule has 5 nitrogen and oxygen atoms in total. The van der Waals surface area contributed by atoms with Crippen LogP contribution < -0.4 is 20.5 Å². The summed E-state index contributed by atoms with van der Waals surface area (Å²) in [4.78, 5) is 4.36. The van der Waals surface area contributed by atoms with E-state index in [0.717, 1.165) is 17.7 Å². The van der Waals surface area contributed by atoms with Crippen LogP contribution in [-0.2, 0) is 13.0 Å². The summed E-state index contributed by atoms with van der Waals surface area (Å²) >= 11 is 0. The number of aliphatic imine (C=N–C) groups is 1. The van der Waals surface area contributed by atoms with Gasteiger partial charge in [-0.3, -0.25) is 0 Å². The lowest BCUT2D eigenvalue weighted by Gasteiger charge is -2.10. The van der Waals surface area contributed by atoms with Crippen molar-refractivity contribution in [2.24, 2.45) is 10.7 Å². The molecule has 0 bridgehead atoms. The molecular weight excluding hydrogens is 314 g/mol. The van der Waals surface area contributed by atoms with E-state index >= 15 is 0 Å². The highest BCUT2D eigenvalue weighted by atomic mass is 16.5. The largest absolute Gasteiger partial charge is 0.493 e. The number of hydrogen-bond donors (Lipinski definition) is 2. The van der Waals surface area contributed by atoms with Gasteiger partial charge in [0.2, 0.25) is 0 Å². The first kappa shape index (κ1) is 18.2. The fourth-order valence-electron chi connectivity index (χ4n) is 2.24. The molecule has 0 radical (unpaired) electrons. The highest BCUT2D eigenvalue weighted by Crippen LogP contribution is 2.28. The Balaban J connectivity index is 2.02. The van der Waals surface area contributed by atoms with Gasteiger partial charge < -0.3 is 20.5 Å². The number of hydrogen-bond acceptors (Lipinski definition) is 3. The number of methoxy groups -OCH3 is 1. The molecule has 0 fully saturated rings.